The maximum absolute atomic E-state index is 12.0. The number of esters is 1. The van der Waals surface area contributed by atoms with E-state index in [1.165, 1.54) is 19.9 Å². The Morgan fingerprint density at radius 2 is 1.71 bits per heavy atom. The molecule has 1 heterocycles. The summed E-state index contributed by atoms with van der Waals surface area (Å²) in [5.41, 5.74) is 2.12. The SMILES string of the molecule is CC(=O)c1ccc(C(=O)OC(C)C(=O)NCc2ccc(C)cc2)s1. The van der Waals surface area contributed by atoms with Crippen LogP contribution in [0.1, 0.15) is 44.3 Å². The van der Waals surface area contributed by atoms with E-state index in [2.05, 4.69) is 5.32 Å². The van der Waals surface area contributed by atoms with Crippen molar-refractivity contribution in [1.29, 1.82) is 0 Å². The number of Topliss-reactive ketones (excluding diaryl/α,β-unsaturated/α-hetero) is 1. The Balaban J connectivity index is 1.87. The average Bonchev–Trinajstić information content (AvgIpc) is 3.04. The monoisotopic (exact) mass is 345 g/mol. The third-order valence-electron chi connectivity index (χ3n) is 3.39. The molecule has 6 heteroatoms. The average molecular weight is 345 g/mol. The molecule has 0 radical (unpaired) electrons. The van der Waals surface area contributed by atoms with Crippen LogP contribution >= 0.6 is 11.3 Å². The second-order valence-corrected chi connectivity index (χ2v) is 6.55. The van der Waals surface area contributed by atoms with E-state index in [0.717, 1.165) is 22.5 Å². The number of ether oxygens (including phenoxy) is 1. The van der Waals surface area contributed by atoms with Crippen molar-refractivity contribution in [2.75, 3.05) is 0 Å². The molecule has 0 spiro atoms. The van der Waals surface area contributed by atoms with Crippen LogP contribution < -0.4 is 5.32 Å². The summed E-state index contributed by atoms with van der Waals surface area (Å²) in [6, 6.07) is 10.9. The number of thiophene rings is 1. The summed E-state index contributed by atoms with van der Waals surface area (Å²) < 4.78 is 5.15. The van der Waals surface area contributed by atoms with Gasteiger partial charge in [-0.2, -0.15) is 0 Å². The number of hydrogen-bond donors (Lipinski definition) is 1. The highest BCUT2D eigenvalue weighted by molar-refractivity contribution is 7.15. The highest BCUT2D eigenvalue weighted by Crippen LogP contribution is 2.18. The molecule has 1 aromatic carbocycles. The number of nitrogens with one attached hydrogen (secondary N) is 1. The molecular formula is C18H19NO4S. The Labute approximate surface area is 144 Å². The summed E-state index contributed by atoms with van der Waals surface area (Å²) in [4.78, 5) is 36.1. The summed E-state index contributed by atoms with van der Waals surface area (Å²) >= 11 is 1.06. The van der Waals surface area contributed by atoms with Crippen LogP contribution in [0, 0.1) is 6.92 Å². The van der Waals surface area contributed by atoms with Gasteiger partial charge in [0.15, 0.2) is 11.9 Å². The molecule has 2 rings (SSSR count). The fourth-order valence-electron chi connectivity index (χ4n) is 1.95. The molecule has 1 amide bonds. The molecule has 0 saturated heterocycles. The van der Waals surface area contributed by atoms with Crippen LogP contribution in [-0.4, -0.2) is 23.8 Å². The zero-order chi connectivity index (χ0) is 17.7. The lowest BCUT2D eigenvalue weighted by atomic mass is 10.1. The van der Waals surface area contributed by atoms with Crippen LogP contribution in [0.4, 0.5) is 0 Å². The van der Waals surface area contributed by atoms with Gasteiger partial charge in [-0.3, -0.25) is 9.59 Å². The maximum Gasteiger partial charge on any atom is 0.349 e. The predicted molar refractivity (Wildman–Crippen MR) is 92.2 cm³/mol. The van der Waals surface area contributed by atoms with Crippen molar-refractivity contribution in [2.45, 2.75) is 33.4 Å². The molecule has 0 fully saturated rings. The van der Waals surface area contributed by atoms with E-state index >= 15 is 0 Å². The third-order valence-corrected chi connectivity index (χ3v) is 4.56. The first-order chi connectivity index (χ1) is 11.4. The van der Waals surface area contributed by atoms with Gasteiger partial charge in [-0.25, -0.2) is 4.79 Å². The van der Waals surface area contributed by atoms with E-state index in [9.17, 15) is 14.4 Å². The topological polar surface area (TPSA) is 72.5 Å². The van der Waals surface area contributed by atoms with Crippen LogP contribution in [0.5, 0.6) is 0 Å². The number of rotatable bonds is 6. The summed E-state index contributed by atoms with van der Waals surface area (Å²) in [7, 11) is 0. The molecule has 0 aliphatic rings. The number of benzene rings is 1. The number of carbonyl (C=O) groups excluding carboxylic acids is 3. The van der Waals surface area contributed by atoms with Crippen LogP contribution in [0.25, 0.3) is 0 Å². The van der Waals surface area contributed by atoms with Crippen molar-refractivity contribution in [3.63, 3.8) is 0 Å². The fourth-order valence-corrected chi connectivity index (χ4v) is 2.73. The van der Waals surface area contributed by atoms with E-state index in [-0.39, 0.29) is 11.7 Å². The minimum absolute atomic E-state index is 0.108. The first-order valence-corrected chi connectivity index (χ1v) is 8.33. The number of ketones is 1. The van der Waals surface area contributed by atoms with Crippen molar-refractivity contribution in [3.05, 3.63) is 57.3 Å². The zero-order valence-corrected chi connectivity index (χ0v) is 14.6. The summed E-state index contributed by atoms with van der Waals surface area (Å²) in [6.45, 7) is 5.31. The molecule has 1 aromatic heterocycles. The van der Waals surface area contributed by atoms with Gasteiger partial charge in [-0.15, -0.1) is 11.3 Å². The molecule has 2 aromatic rings. The van der Waals surface area contributed by atoms with E-state index < -0.39 is 12.1 Å². The molecule has 1 unspecified atom stereocenters. The molecule has 24 heavy (non-hydrogen) atoms. The van der Waals surface area contributed by atoms with E-state index in [4.69, 9.17) is 4.74 Å². The van der Waals surface area contributed by atoms with Gasteiger partial charge in [-0.1, -0.05) is 29.8 Å². The van der Waals surface area contributed by atoms with Crippen LogP contribution in [0.15, 0.2) is 36.4 Å². The van der Waals surface area contributed by atoms with Gasteiger partial charge in [-0.05, 0) is 38.5 Å². The van der Waals surface area contributed by atoms with Gasteiger partial charge in [0.25, 0.3) is 5.91 Å². The minimum Gasteiger partial charge on any atom is -0.448 e. The summed E-state index contributed by atoms with van der Waals surface area (Å²) in [5.74, 6) is -1.08. The lowest BCUT2D eigenvalue weighted by molar-refractivity contribution is -0.129. The first kappa shape index (κ1) is 17.9. The Morgan fingerprint density at radius 1 is 1.08 bits per heavy atom. The zero-order valence-electron chi connectivity index (χ0n) is 13.8. The smallest absolute Gasteiger partial charge is 0.349 e. The Kier molecular flexibility index (Phi) is 5.87. The molecule has 0 saturated carbocycles. The standard InChI is InChI=1S/C18H19NO4S/c1-11-4-6-14(7-5-11)10-19-17(21)13(3)23-18(22)16-9-8-15(24-16)12(2)20/h4-9,13H,10H2,1-3H3,(H,19,21). The van der Waals surface area contributed by atoms with Crippen molar-refractivity contribution >= 4 is 29.0 Å². The molecule has 5 nitrogen and oxygen atoms in total. The molecule has 126 valence electrons. The van der Waals surface area contributed by atoms with E-state index in [1.54, 1.807) is 6.07 Å². The predicted octanol–water partition coefficient (Wildman–Crippen LogP) is 3.12. The van der Waals surface area contributed by atoms with Crippen molar-refractivity contribution in [1.82, 2.24) is 5.32 Å². The minimum atomic E-state index is -0.911. The Hall–Kier alpha value is -2.47. The highest BCUT2D eigenvalue weighted by atomic mass is 32.1. The van der Waals surface area contributed by atoms with Gasteiger partial charge in [0.1, 0.15) is 4.88 Å². The van der Waals surface area contributed by atoms with Gasteiger partial charge < -0.3 is 10.1 Å². The number of aryl methyl sites for hydroxylation is 1. The molecule has 0 aliphatic heterocycles. The molecule has 0 bridgehead atoms. The van der Waals surface area contributed by atoms with Gasteiger partial charge in [0.05, 0.1) is 4.88 Å². The van der Waals surface area contributed by atoms with Crippen LogP contribution in [0.3, 0.4) is 0 Å². The van der Waals surface area contributed by atoms with Crippen LogP contribution in [-0.2, 0) is 16.1 Å². The van der Waals surface area contributed by atoms with Gasteiger partial charge in [0.2, 0.25) is 0 Å². The molecule has 1 atom stereocenters. The normalized spacial score (nSPS) is 11.6. The third kappa shape index (κ3) is 4.76. The molecular weight excluding hydrogens is 326 g/mol. The Morgan fingerprint density at radius 3 is 2.29 bits per heavy atom. The van der Waals surface area contributed by atoms with Crippen LogP contribution in [0.2, 0.25) is 0 Å². The second kappa shape index (κ2) is 7.88. The lowest BCUT2D eigenvalue weighted by Gasteiger charge is -2.13. The maximum atomic E-state index is 12.0. The number of carbonyl (C=O) groups is 3. The quantitative estimate of drug-likeness (QED) is 0.645. The fraction of sp³-hybridized carbons (Fsp3) is 0.278. The van der Waals surface area contributed by atoms with E-state index in [0.29, 0.717) is 16.3 Å². The van der Waals surface area contributed by atoms with Gasteiger partial charge >= 0.3 is 5.97 Å². The largest absolute Gasteiger partial charge is 0.448 e. The van der Waals surface area contributed by atoms with Crippen molar-refractivity contribution in [3.8, 4) is 0 Å². The van der Waals surface area contributed by atoms with Crippen molar-refractivity contribution in [2.24, 2.45) is 0 Å². The molecule has 0 aliphatic carbocycles. The Bertz CT molecular complexity index is 749. The van der Waals surface area contributed by atoms with E-state index in [1.807, 2.05) is 31.2 Å². The number of amides is 1. The summed E-state index contributed by atoms with van der Waals surface area (Å²) in [5, 5.41) is 2.73. The second-order valence-electron chi connectivity index (χ2n) is 5.47. The highest BCUT2D eigenvalue weighted by Gasteiger charge is 2.20. The molecule has 1 N–H and O–H groups in total. The lowest BCUT2D eigenvalue weighted by Crippen LogP contribution is -2.35. The first-order valence-electron chi connectivity index (χ1n) is 7.52. The number of hydrogen-bond acceptors (Lipinski definition) is 5. The van der Waals surface area contributed by atoms with Gasteiger partial charge in [0, 0.05) is 6.54 Å². The summed E-state index contributed by atoms with van der Waals surface area (Å²) in [6.07, 6.45) is -0.911. The van der Waals surface area contributed by atoms with Crippen molar-refractivity contribution < 1.29 is 19.1 Å².